The summed E-state index contributed by atoms with van der Waals surface area (Å²) >= 11 is 0. The molecule has 0 spiro atoms. The lowest BCUT2D eigenvalue weighted by molar-refractivity contribution is -0.140. The van der Waals surface area contributed by atoms with Gasteiger partial charge in [-0.25, -0.2) is 0 Å². The number of hydrogen-bond acceptors (Lipinski definition) is 3. The second-order valence-corrected chi connectivity index (χ2v) is 12.8. The molecule has 4 heteroatoms. The standard InChI is InChI=1S/C19H42O3Si/c1-9-20-19(21-10-2)14-12-11-13-15-22-23(16(3)4,17(5)6)18(7)8/h16-19H,9-15H2,1-8H3. The molecule has 23 heavy (non-hydrogen) atoms. The first-order chi connectivity index (χ1) is 10.8. The Morgan fingerprint density at radius 2 is 1.17 bits per heavy atom. The first-order valence-electron chi connectivity index (χ1n) is 9.69. The molecule has 0 bridgehead atoms. The molecule has 0 aromatic heterocycles. The topological polar surface area (TPSA) is 27.7 Å². The largest absolute Gasteiger partial charge is 0.416 e. The van der Waals surface area contributed by atoms with Crippen molar-refractivity contribution in [1.29, 1.82) is 0 Å². The normalized spacial score (nSPS) is 13.0. The van der Waals surface area contributed by atoms with Crippen LogP contribution in [-0.4, -0.2) is 34.4 Å². The lowest BCUT2D eigenvalue weighted by Gasteiger charge is -2.42. The number of rotatable bonds is 14. The SMILES string of the molecule is CCOC(CCCCCO[Si](C(C)C)(C(C)C)C(C)C)OCC. The molecule has 0 amide bonds. The number of ether oxygens (including phenoxy) is 2. The second-order valence-electron chi connectivity index (χ2n) is 7.36. The summed E-state index contributed by atoms with van der Waals surface area (Å²) in [7, 11) is -1.68. The molecule has 0 rings (SSSR count). The maximum Gasteiger partial charge on any atom is 0.200 e. The molecule has 0 N–H and O–H groups in total. The molecule has 3 nitrogen and oxygen atoms in total. The summed E-state index contributed by atoms with van der Waals surface area (Å²) in [5, 5.41) is 0. The van der Waals surface area contributed by atoms with E-state index in [0.29, 0.717) is 16.6 Å². The Labute approximate surface area is 146 Å². The molecular formula is C19H42O3Si. The lowest BCUT2D eigenvalue weighted by Crippen LogP contribution is -2.47. The lowest BCUT2D eigenvalue weighted by atomic mass is 10.2. The van der Waals surface area contributed by atoms with Crippen LogP contribution in [0.4, 0.5) is 0 Å². The van der Waals surface area contributed by atoms with E-state index in [1.807, 2.05) is 13.8 Å². The minimum atomic E-state index is -1.68. The maximum atomic E-state index is 6.59. The molecule has 0 saturated heterocycles. The third-order valence-electron chi connectivity index (χ3n) is 4.85. The average Bonchev–Trinajstić information content (AvgIpc) is 2.45. The quantitative estimate of drug-likeness (QED) is 0.215. The van der Waals surface area contributed by atoms with Gasteiger partial charge in [-0.15, -0.1) is 0 Å². The van der Waals surface area contributed by atoms with Crippen LogP contribution in [-0.2, 0) is 13.9 Å². The molecule has 0 heterocycles. The highest BCUT2D eigenvalue weighted by Crippen LogP contribution is 2.42. The molecule has 0 aliphatic carbocycles. The van der Waals surface area contributed by atoms with Gasteiger partial charge in [0, 0.05) is 19.8 Å². The Kier molecular flexibility index (Phi) is 12.5. The van der Waals surface area contributed by atoms with Crippen LogP contribution in [0.1, 0.15) is 81.1 Å². The van der Waals surface area contributed by atoms with Crippen LogP contribution in [0, 0.1) is 0 Å². The van der Waals surface area contributed by atoms with Gasteiger partial charge < -0.3 is 13.9 Å². The Morgan fingerprint density at radius 3 is 1.57 bits per heavy atom. The molecule has 0 aromatic carbocycles. The van der Waals surface area contributed by atoms with Crippen LogP contribution < -0.4 is 0 Å². The molecule has 140 valence electrons. The van der Waals surface area contributed by atoms with Crippen molar-refractivity contribution in [2.24, 2.45) is 0 Å². The van der Waals surface area contributed by atoms with Gasteiger partial charge in [-0.1, -0.05) is 48.0 Å². The zero-order valence-electron chi connectivity index (χ0n) is 17.0. The van der Waals surface area contributed by atoms with Gasteiger partial charge in [0.25, 0.3) is 0 Å². The van der Waals surface area contributed by atoms with Crippen molar-refractivity contribution in [3.8, 4) is 0 Å². The number of unbranched alkanes of at least 4 members (excludes halogenated alkanes) is 2. The summed E-state index contributed by atoms with van der Waals surface area (Å²) in [6.45, 7) is 20.5. The molecule has 0 aromatic rings. The zero-order valence-corrected chi connectivity index (χ0v) is 18.0. The van der Waals surface area contributed by atoms with Crippen LogP contribution in [0.2, 0.25) is 16.6 Å². The minimum absolute atomic E-state index is 0.0265. The van der Waals surface area contributed by atoms with Crippen molar-refractivity contribution in [2.45, 2.75) is 104 Å². The van der Waals surface area contributed by atoms with Crippen LogP contribution in [0.25, 0.3) is 0 Å². The van der Waals surface area contributed by atoms with E-state index in [-0.39, 0.29) is 6.29 Å². The van der Waals surface area contributed by atoms with Crippen molar-refractivity contribution < 1.29 is 13.9 Å². The molecule has 0 aliphatic rings. The summed E-state index contributed by atoms with van der Waals surface area (Å²) < 4.78 is 17.8. The van der Waals surface area contributed by atoms with E-state index in [4.69, 9.17) is 13.9 Å². The zero-order chi connectivity index (χ0) is 17.9. The fraction of sp³-hybridized carbons (Fsp3) is 1.00. The summed E-state index contributed by atoms with van der Waals surface area (Å²) in [5.41, 5.74) is 2.01. The predicted octanol–water partition coefficient (Wildman–Crippen LogP) is 6.14. The van der Waals surface area contributed by atoms with Gasteiger partial charge >= 0.3 is 0 Å². The third kappa shape index (κ3) is 7.68. The van der Waals surface area contributed by atoms with Crippen LogP contribution in [0.3, 0.4) is 0 Å². The van der Waals surface area contributed by atoms with Gasteiger partial charge in [-0.2, -0.15) is 0 Å². The second kappa shape index (κ2) is 12.5. The Balaban J connectivity index is 4.17. The molecule has 0 atom stereocenters. The highest BCUT2D eigenvalue weighted by atomic mass is 28.4. The number of hydrogen-bond donors (Lipinski definition) is 0. The first-order valence-corrected chi connectivity index (χ1v) is 11.8. The summed E-state index contributed by atoms with van der Waals surface area (Å²) in [6, 6.07) is 0. The Morgan fingerprint density at radius 1 is 0.696 bits per heavy atom. The monoisotopic (exact) mass is 346 g/mol. The molecular weight excluding hydrogens is 304 g/mol. The molecule has 0 radical (unpaired) electrons. The third-order valence-corrected chi connectivity index (χ3v) is 11.0. The van der Waals surface area contributed by atoms with Crippen LogP contribution in [0.15, 0.2) is 0 Å². The van der Waals surface area contributed by atoms with Gasteiger partial charge in [0.1, 0.15) is 0 Å². The minimum Gasteiger partial charge on any atom is -0.416 e. The van der Waals surface area contributed by atoms with Crippen molar-refractivity contribution in [2.75, 3.05) is 19.8 Å². The van der Waals surface area contributed by atoms with E-state index in [1.54, 1.807) is 0 Å². The van der Waals surface area contributed by atoms with Crippen molar-refractivity contribution >= 4 is 8.32 Å². The van der Waals surface area contributed by atoms with E-state index < -0.39 is 8.32 Å². The van der Waals surface area contributed by atoms with Crippen molar-refractivity contribution in [3.63, 3.8) is 0 Å². The van der Waals surface area contributed by atoms with Gasteiger partial charge in [0.05, 0.1) is 0 Å². The summed E-state index contributed by atoms with van der Waals surface area (Å²) in [6.07, 6.45) is 4.44. The van der Waals surface area contributed by atoms with Crippen LogP contribution >= 0.6 is 0 Å². The predicted molar refractivity (Wildman–Crippen MR) is 103 cm³/mol. The Bertz CT molecular complexity index is 252. The molecule has 0 aliphatic heterocycles. The molecule has 0 saturated carbocycles. The Hall–Kier alpha value is 0.0969. The average molecular weight is 347 g/mol. The fourth-order valence-corrected chi connectivity index (χ4v) is 9.42. The summed E-state index contributed by atoms with van der Waals surface area (Å²) in [4.78, 5) is 0. The van der Waals surface area contributed by atoms with E-state index in [0.717, 1.165) is 39.1 Å². The smallest absolute Gasteiger partial charge is 0.200 e. The van der Waals surface area contributed by atoms with Gasteiger partial charge in [0.15, 0.2) is 14.6 Å². The van der Waals surface area contributed by atoms with E-state index in [9.17, 15) is 0 Å². The highest BCUT2D eigenvalue weighted by Gasteiger charge is 2.44. The first kappa shape index (κ1) is 23.1. The summed E-state index contributed by atoms with van der Waals surface area (Å²) in [5.74, 6) is 0. The van der Waals surface area contributed by atoms with Gasteiger partial charge in [0.2, 0.25) is 0 Å². The molecule has 0 fully saturated rings. The van der Waals surface area contributed by atoms with Crippen LogP contribution in [0.5, 0.6) is 0 Å². The van der Waals surface area contributed by atoms with Crippen molar-refractivity contribution in [1.82, 2.24) is 0 Å². The van der Waals surface area contributed by atoms with E-state index >= 15 is 0 Å². The molecule has 0 unspecified atom stereocenters. The fourth-order valence-electron chi connectivity index (χ4n) is 3.93. The van der Waals surface area contributed by atoms with Crippen molar-refractivity contribution in [3.05, 3.63) is 0 Å². The van der Waals surface area contributed by atoms with Gasteiger partial charge in [-0.3, -0.25) is 0 Å². The van der Waals surface area contributed by atoms with Gasteiger partial charge in [-0.05, 0) is 49.7 Å². The maximum absolute atomic E-state index is 6.59. The van der Waals surface area contributed by atoms with E-state index in [1.165, 1.54) is 6.42 Å². The highest BCUT2D eigenvalue weighted by molar-refractivity contribution is 6.77. The van der Waals surface area contributed by atoms with E-state index in [2.05, 4.69) is 41.5 Å².